The molecule has 11 nitrogen and oxygen atoms in total. The van der Waals surface area contributed by atoms with Crippen molar-refractivity contribution >= 4 is 41.0 Å². The minimum absolute atomic E-state index is 0.0530. The van der Waals surface area contributed by atoms with Gasteiger partial charge in [0.1, 0.15) is 23.5 Å². The van der Waals surface area contributed by atoms with Crippen LogP contribution in [0.1, 0.15) is 36.8 Å². The quantitative estimate of drug-likeness (QED) is 0.155. The molecular weight excluding hydrogens is 655 g/mol. The number of hydrogen-bond acceptors (Lipinski definition) is 7. The molecule has 0 radical (unpaired) electrons. The highest BCUT2D eigenvalue weighted by atomic mass is 35.5. The first-order valence-corrected chi connectivity index (χ1v) is 15.0. The summed E-state index contributed by atoms with van der Waals surface area (Å²) in [7, 11) is 1.38. The van der Waals surface area contributed by atoms with E-state index >= 15 is 0 Å². The van der Waals surface area contributed by atoms with Gasteiger partial charge in [0, 0.05) is 17.6 Å². The van der Waals surface area contributed by atoms with E-state index in [0.717, 1.165) is 0 Å². The van der Waals surface area contributed by atoms with Crippen molar-refractivity contribution in [3.05, 3.63) is 101 Å². The van der Waals surface area contributed by atoms with Crippen LogP contribution in [0.4, 0.5) is 13.2 Å². The Balaban J connectivity index is 2.40. The van der Waals surface area contributed by atoms with E-state index in [0.29, 0.717) is 16.3 Å². The number of Topliss-reactive ketones (excluding diaryl/α,β-unsaturated/α-hetero) is 1. The summed E-state index contributed by atoms with van der Waals surface area (Å²) in [5.74, 6) is -6.33. The number of carbonyl (C=O) groups excluding carboxylic acids is 5. The summed E-state index contributed by atoms with van der Waals surface area (Å²) in [6, 6.07) is 5.96. The largest absolute Gasteiger partial charge is 0.497 e. The Bertz CT molecular complexity index is 1550. The number of ether oxygens (including phenoxy) is 1. The van der Waals surface area contributed by atoms with E-state index in [1.54, 1.807) is 49.4 Å². The molecule has 3 atom stereocenters. The Hall–Kier alpha value is -4.98. The van der Waals surface area contributed by atoms with Crippen molar-refractivity contribution in [2.24, 2.45) is 5.92 Å². The maximum Gasteiger partial charge on any atom is 0.452 e. The van der Waals surface area contributed by atoms with Crippen LogP contribution >= 0.6 is 11.6 Å². The maximum atomic E-state index is 13.7. The maximum absolute atomic E-state index is 13.7. The molecule has 0 aliphatic rings. The lowest BCUT2D eigenvalue weighted by Crippen LogP contribution is -2.58. The van der Waals surface area contributed by atoms with Crippen molar-refractivity contribution < 1.29 is 41.9 Å². The monoisotopic (exact) mass is 691 g/mol. The van der Waals surface area contributed by atoms with Gasteiger partial charge in [0.05, 0.1) is 19.7 Å². The van der Waals surface area contributed by atoms with Gasteiger partial charge in [-0.05, 0) is 60.4 Å². The van der Waals surface area contributed by atoms with Gasteiger partial charge in [0.25, 0.3) is 11.7 Å². The summed E-state index contributed by atoms with van der Waals surface area (Å²) in [5, 5.41) is 9.75. The van der Waals surface area contributed by atoms with E-state index in [9.17, 15) is 37.1 Å². The van der Waals surface area contributed by atoms with Gasteiger partial charge in [-0.3, -0.25) is 29.0 Å². The molecule has 0 aliphatic heterocycles. The average molecular weight is 692 g/mol. The molecule has 1 aromatic heterocycles. The standard InChI is InChI=1S/C33H37ClF3N5O6/c1-6-23(48-5)14-13-20(4)28(32(47)41-27(19(2)3)29(44)33(35,36)37)42-31(46)25(17-21-10-9-11-22(34)16-21)40-26(43)18-39-30(45)24-12-7-8-15-38-24/h6-16,19,25,27-28H,4,17-18H2,1-3,5H3,(H,39,45)(H,40,43)(H,41,47)(H,42,46)/b14-13-,23-6+/t25-,27-,28-/m0/s1. The predicted molar refractivity (Wildman–Crippen MR) is 172 cm³/mol. The van der Waals surface area contributed by atoms with Crippen LogP contribution in [0.15, 0.2) is 84.8 Å². The molecule has 0 aliphatic carbocycles. The molecule has 258 valence electrons. The minimum Gasteiger partial charge on any atom is -0.497 e. The van der Waals surface area contributed by atoms with Crippen molar-refractivity contribution in [1.29, 1.82) is 0 Å². The fourth-order valence-corrected chi connectivity index (χ4v) is 4.40. The molecule has 1 heterocycles. The third-order valence-corrected chi connectivity index (χ3v) is 6.95. The molecule has 4 N–H and O–H groups in total. The second-order valence-electron chi connectivity index (χ2n) is 10.7. The summed E-state index contributed by atoms with van der Waals surface area (Å²) in [5.41, 5.74) is 0.473. The lowest BCUT2D eigenvalue weighted by atomic mass is 9.97. The lowest BCUT2D eigenvalue weighted by molar-refractivity contribution is -0.175. The number of hydrogen-bond donors (Lipinski definition) is 4. The summed E-state index contributed by atoms with van der Waals surface area (Å²) in [4.78, 5) is 68.5. The third-order valence-electron chi connectivity index (χ3n) is 6.72. The molecule has 0 unspecified atom stereocenters. The summed E-state index contributed by atoms with van der Waals surface area (Å²) in [6.45, 7) is 7.55. The first kappa shape index (κ1) is 39.2. The Morgan fingerprint density at radius 2 is 1.71 bits per heavy atom. The molecule has 0 spiro atoms. The first-order chi connectivity index (χ1) is 22.6. The third kappa shape index (κ3) is 12.3. The van der Waals surface area contributed by atoms with E-state index < -0.39 is 66.2 Å². The number of nitrogens with one attached hydrogen (secondary N) is 4. The molecule has 0 fully saturated rings. The van der Waals surface area contributed by atoms with Crippen molar-refractivity contribution in [3.8, 4) is 0 Å². The van der Waals surface area contributed by atoms with Crippen molar-refractivity contribution in [3.63, 3.8) is 0 Å². The summed E-state index contributed by atoms with van der Waals surface area (Å²) < 4.78 is 45.2. The average Bonchev–Trinajstić information content (AvgIpc) is 3.04. The Morgan fingerprint density at radius 3 is 2.27 bits per heavy atom. The number of aromatic nitrogens is 1. The number of halogens is 4. The molecule has 48 heavy (non-hydrogen) atoms. The second kappa shape index (κ2) is 18.4. The van der Waals surface area contributed by atoms with E-state index in [1.807, 2.05) is 0 Å². The van der Waals surface area contributed by atoms with E-state index in [-0.39, 0.29) is 17.7 Å². The van der Waals surface area contributed by atoms with Crippen molar-refractivity contribution in [2.75, 3.05) is 13.7 Å². The van der Waals surface area contributed by atoms with E-state index in [1.165, 1.54) is 45.4 Å². The molecule has 0 saturated heterocycles. The van der Waals surface area contributed by atoms with Gasteiger partial charge in [-0.2, -0.15) is 13.2 Å². The number of allylic oxidation sites excluding steroid dienone is 2. The summed E-state index contributed by atoms with van der Waals surface area (Å²) >= 11 is 6.10. The highest BCUT2D eigenvalue weighted by Gasteiger charge is 2.45. The SMILES string of the molecule is C=C(/C=C\C(=C/C)OC)[C@H](NC(=O)[C@H](Cc1cccc(Cl)c1)NC(=O)CNC(=O)c1ccccn1)C(=O)N[C@H](C(=O)C(F)(F)F)C(C)C. The number of nitrogens with zero attached hydrogens (tertiary/aromatic N) is 1. The fraction of sp³-hybridized carbons (Fsp3) is 0.333. The molecule has 1 aromatic carbocycles. The first-order valence-electron chi connectivity index (χ1n) is 14.6. The van der Waals surface area contributed by atoms with Gasteiger partial charge in [-0.1, -0.05) is 56.3 Å². The Kier molecular flexibility index (Phi) is 15.0. The van der Waals surface area contributed by atoms with Crippen LogP contribution in [0.3, 0.4) is 0 Å². The van der Waals surface area contributed by atoms with Gasteiger partial charge in [-0.25, -0.2) is 0 Å². The molecule has 0 bridgehead atoms. The predicted octanol–water partition coefficient (Wildman–Crippen LogP) is 3.61. The van der Waals surface area contributed by atoms with Crippen LogP contribution in [0, 0.1) is 5.92 Å². The Labute approximate surface area is 281 Å². The smallest absolute Gasteiger partial charge is 0.452 e. The van der Waals surface area contributed by atoms with Gasteiger partial charge in [0.2, 0.25) is 17.7 Å². The van der Waals surface area contributed by atoms with E-state index in [2.05, 4.69) is 32.8 Å². The number of rotatable bonds is 16. The van der Waals surface area contributed by atoms with Gasteiger partial charge >= 0.3 is 6.18 Å². The molecule has 15 heteroatoms. The lowest BCUT2D eigenvalue weighted by Gasteiger charge is -2.27. The molecular formula is C33H37ClF3N5O6. The van der Waals surface area contributed by atoms with Crippen molar-refractivity contribution in [2.45, 2.75) is 51.5 Å². The van der Waals surface area contributed by atoms with Crippen LogP contribution in [-0.4, -0.2) is 72.4 Å². The zero-order chi connectivity index (χ0) is 36.0. The van der Waals surface area contributed by atoms with Crippen LogP contribution in [0.25, 0.3) is 0 Å². The number of alkyl halides is 3. The molecule has 4 amide bonds. The van der Waals surface area contributed by atoms with Gasteiger partial charge < -0.3 is 26.0 Å². The number of pyridine rings is 1. The highest BCUT2D eigenvalue weighted by Crippen LogP contribution is 2.22. The summed E-state index contributed by atoms with van der Waals surface area (Å²) in [6.07, 6.45) is 0.304. The topological polar surface area (TPSA) is 156 Å². The van der Waals surface area contributed by atoms with Crippen LogP contribution in [0.5, 0.6) is 0 Å². The zero-order valence-electron chi connectivity index (χ0n) is 26.7. The molecule has 2 rings (SSSR count). The van der Waals surface area contributed by atoms with Crippen LogP contribution in [-0.2, 0) is 30.3 Å². The van der Waals surface area contributed by atoms with Gasteiger partial charge in [0.15, 0.2) is 0 Å². The second-order valence-corrected chi connectivity index (χ2v) is 11.1. The normalized spacial score (nSPS) is 13.6. The van der Waals surface area contributed by atoms with Crippen LogP contribution in [0.2, 0.25) is 5.02 Å². The number of amides is 4. The van der Waals surface area contributed by atoms with Crippen molar-refractivity contribution in [1.82, 2.24) is 26.3 Å². The Morgan fingerprint density at radius 1 is 1.00 bits per heavy atom. The van der Waals surface area contributed by atoms with Crippen LogP contribution < -0.4 is 21.3 Å². The number of benzene rings is 1. The molecule has 0 saturated carbocycles. The number of carbonyl (C=O) groups is 5. The van der Waals surface area contributed by atoms with Gasteiger partial charge in [-0.15, -0.1) is 0 Å². The van der Waals surface area contributed by atoms with E-state index in [4.69, 9.17) is 16.3 Å². The zero-order valence-corrected chi connectivity index (χ0v) is 27.4. The molecule has 2 aromatic rings. The minimum atomic E-state index is -5.24. The fourth-order valence-electron chi connectivity index (χ4n) is 4.19. The number of ketones is 1. The number of methoxy groups -OCH3 is 1. The highest BCUT2D eigenvalue weighted by molar-refractivity contribution is 6.30.